The van der Waals surface area contributed by atoms with Crippen molar-refractivity contribution in [2.75, 3.05) is 20.2 Å². The van der Waals surface area contributed by atoms with Gasteiger partial charge in [0, 0.05) is 6.42 Å². The lowest BCUT2D eigenvalue weighted by Gasteiger charge is -2.10. The van der Waals surface area contributed by atoms with Crippen LogP contribution >= 0.6 is 0 Å². The molecule has 0 spiro atoms. The molecule has 0 N–H and O–H groups in total. The molecule has 0 aromatic carbocycles. The van der Waals surface area contributed by atoms with Gasteiger partial charge < -0.3 is 14.3 Å². The first kappa shape index (κ1) is 10.2. The molecule has 0 saturated carbocycles. The SMILES string of the molecule is COC(=O)CC1CCN([B]C=O)C1. The molecule has 1 heterocycles. The predicted molar refractivity (Wildman–Crippen MR) is 48.8 cm³/mol. The molecule has 1 radical (unpaired) electrons. The van der Waals surface area contributed by atoms with Crippen molar-refractivity contribution in [2.45, 2.75) is 12.8 Å². The highest BCUT2D eigenvalue weighted by molar-refractivity contribution is 6.64. The summed E-state index contributed by atoms with van der Waals surface area (Å²) < 4.78 is 4.57. The highest BCUT2D eigenvalue weighted by Gasteiger charge is 2.24. The van der Waals surface area contributed by atoms with Crippen LogP contribution in [0.5, 0.6) is 0 Å². The van der Waals surface area contributed by atoms with Crippen molar-refractivity contribution < 1.29 is 14.3 Å². The standard InChI is InChI=1S/C8H13BNO3/c1-13-8(12)4-7-2-3-10(5-7)9-6-11/h6-7H,2-5H2,1H3. The molecular weight excluding hydrogens is 169 g/mol. The van der Waals surface area contributed by atoms with Crippen molar-refractivity contribution in [3.05, 3.63) is 0 Å². The maximum atomic E-state index is 10.9. The molecule has 0 aromatic heterocycles. The Balaban J connectivity index is 2.24. The minimum absolute atomic E-state index is 0.169. The molecule has 0 aliphatic carbocycles. The zero-order chi connectivity index (χ0) is 9.68. The van der Waals surface area contributed by atoms with Crippen molar-refractivity contribution in [3.8, 4) is 0 Å². The summed E-state index contributed by atoms with van der Waals surface area (Å²) >= 11 is 0. The lowest BCUT2D eigenvalue weighted by atomic mass is 9.95. The summed E-state index contributed by atoms with van der Waals surface area (Å²) in [6.45, 7) is 1.65. The van der Waals surface area contributed by atoms with Crippen molar-refractivity contribution in [2.24, 2.45) is 5.92 Å². The Bertz CT molecular complexity index is 198. The molecule has 4 nitrogen and oxygen atoms in total. The summed E-state index contributed by atoms with van der Waals surface area (Å²) in [6.07, 6.45) is 2.19. The highest BCUT2D eigenvalue weighted by Crippen LogP contribution is 2.18. The third-order valence-corrected chi connectivity index (χ3v) is 2.27. The Labute approximate surface area is 78.5 Å². The van der Waals surface area contributed by atoms with E-state index in [2.05, 4.69) is 4.74 Å². The Kier molecular flexibility index (Phi) is 3.95. The fourth-order valence-electron chi connectivity index (χ4n) is 1.57. The van der Waals surface area contributed by atoms with E-state index in [1.54, 1.807) is 0 Å². The number of hydrogen-bond donors (Lipinski definition) is 0. The van der Waals surface area contributed by atoms with Gasteiger partial charge in [-0.05, 0) is 25.4 Å². The van der Waals surface area contributed by atoms with Crippen LogP contribution in [0.1, 0.15) is 12.8 Å². The van der Waals surface area contributed by atoms with E-state index in [4.69, 9.17) is 0 Å². The van der Waals surface area contributed by atoms with Gasteiger partial charge in [0.1, 0.15) is 0 Å². The van der Waals surface area contributed by atoms with Crippen molar-refractivity contribution >= 4 is 19.6 Å². The Morgan fingerprint density at radius 2 is 2.54 bits per heavy atom. The normalized spacial score (nSPS) is 22.7. The van der Waals surface area contributed by atoms with Gasteiger partial charge in [0.25, 0.3) is 7.41 Å². The molecule has 0 aromatic rings. The second-order valence-corrected chi connectivity index (χ2v) is 3.22. The second kappa shape index (κ2) is 5.02. The average Bonchev–Trinajstić information content (AvgIpc) is 2.53. The van der Waals surface area contributed by atoms with Crippen LogP contribution in [0.3, 0.4) is 0 Å². The van der Waals surface area contributed by atoms with E-state index in [9.17, 15) is 9.59 Å². The first-order chi connectivity index (χ1) is 6.26. The van der Waals surface area contributed by atoms with Crippen molar-refractivity contribution in [1.82, 2.24) is 4.81 Å². The molecule has 1 aliphatic rings. The first-order valence-electron chi connectivity index (χ1n) is 4.35. The molecular formula is C8H13BNO3. The molecule has 13 heavy (non-hydrogen) atoms. The number of rotatable bonds is 4. The maximum absolute atomic E-state index is 10.9. The van der Waals surface area contributed by atoms with E-state index in [1.807, 2.05) is 4.81 Å². The largest absolute Gasteiger partial charge is 0.469 e. The second-order valence-electron chi connectivity index (χ2n) is 3.22. The third kappa shape index (κ3) is 3.18. The number of hydrogen-bond acceptors (Lipinski definition) is 4. The van der Waals surface area contributed by atoms with Gasteiger partial charge in [0.2, 0.25) is 0 Å². The smallest absolute Gasteiger partial charge is 0.305 e. The molecule has 1 rings (SSSR count). The van der Waals surface area contributed by atoms with E-state index in [1.165, 1.54) is 14.5 Å². The van der Waals surface area contributed by atoms with E-state index in [0.717, 1.165) is 25.7 Å². The van der Waals surface area contributed by atoms with Crippen molar-refractivity contribution in [1.29, 1.82) is 0 Å². The lowest BCUT2D eigenvalue weighted by molar-refractivity contribution is -0.141. The van der Waals surface area contributed by atoms with Crippen molar-refractivity contribution in [3.63, 3.8) is 0 Å². The highest BCUT2D eigenvalue weighted by atomic mass is 16.5. The monoisotopic (exact) mass is 182 g/mol. The average molecular weight is 182 g/mol. The van der Waals surface area contributed by atoms with Crippen LogP contribution in [0.4, 0.5) is 0 Å². The summed E-state index contributed by atoms with van der Waals surface area (Å²) in [5.41, 5.74) is 0. The molecule has 1 saturated heterocycles. The van der Waals surface area contributed by atoms with Gasteiger partial charge in [-0.25, -0.2) is 0 Å². The number of carbonyl (C=O) groups excluding carboxylic acids is 2. The Hall–Kier alpha value is -0.835. The molecule has 1 aliphatic heterocycles. The fraction of sp³-hybridized carbons (Fsp3) is 0.750. The van der Waals surface area contributed by atoms with Gasteiger partial charge in [-0.1, -0.05) is 0 Å². The minimum atomic E-state index is -0.169. The minimum Gasteiger partial charge on any atom is -0.469 e. The molecule has 71 valence electrons. The maximum Gasteiger partial charge on any atom is 0.305 e. The van der Waals surface area contributed by atoms with Gasteiger partial charge in [0.05, 0.1) is 13.3 Å². The molecule has 0 amide bonds. The fourth-order valence-corrected chi connectivity index (χ4v) is 1.57. The van der Waals surface area contributed by atoms with Crippen LogP contribution in [0.25, 0.3) is 0 Å². The van der Waals surface area contributed by atoms with E-state index >= 15 is 0 Å². The number of nitrogens with zero attached hydrogens (tertiary/aromatic N) is 1. The van der Waals surface area contributed by atoms with Crippen LogP contribution in [-0.2, 0) is 14.3 Å². The van der Waals surface area contributed by atoms with E-state index < -0.39 is 0 Å². The van der Waals surface area contributed by atoms with E-state index in [-0.39, 0.29) is 5.97 Å². The summed E-state index contributed by atoms with van der Waals surface area (Å²) in [4.78, 5) is 23.0. The molecule has 1 unspecified atom stereocenters. The van der Waals surface area contributed by atoms with Gasteiger partial charge in [-0.2, -0.15) is 0 Å². The first-order valence-corrected chi connectivity index (χ1v) is 4.35. The summed E-state index contributed by atoms with van der Waals surface area (Å²) in [5, 5.41) is 0. The molecule has 0 bridgehead atoms. The lowest BCUT2D eigenvalue weighted by Crippen LogP contribution is -2.26. The molecule has 1 fully saturated rings. The number of methoxy groups -OCH3 is 1. The van der Waals surface area contributed by atoms with E-state index in [0.29, 0.717) is 12.3 Å². The summed E-state index contributed by atoms with van der Waals surface area (Å²) in [6, 6.07) is 0. The van der Waals surface area contributed by atoms with Crippen LogP contribution in [0.2, 0.25) is 0 Å². The Morgan fingerprint density at radius 3 is 3.15 bits per heavy atom. The summed E-state index contributed by atoms with van der Waals surface area (Å²) in [7, 11) is 2.92. The van der Waals surface area contributed by atoms with Crippen LogP contribution < -0.4 is 0 Å². The third-order valence-electron chi connectivity index (χ3n) is 2.27. The van der Waals surface area contributed by atoms with Gasteiger partial charge in [0.15, 0.2) is 0 Å². The number of carbonyl (C=O) groups is 2. The number of ether oxygens (including phenoxy) is 1. The van der Waals surface area contributed by atoms with Crippen LogP contribution in [-0.4, -0.2) is 44.6 Å². The van der Waals surface area contributed by atoms with Gasteiger partial charge >= 0.3 is 5.97 Å². The summed E-state index contributed by atoms with van der Waals surface area (Å²) in [5.74, 6) is 0.168. The van der Waals surface area contributed by atoms with Crippen LogP contribution in [0, 0.1) is 5.92 Å². The Morgan fingerprint density at radius 1 is 1.77 bits per heavy atom. The van der Waals surface area contributed by atoms with Gasteiger partial charge in [-0.15, -0.1) is 0 Å². The zero-order valence-electron chi connectivity index (χ0n) is 7.73. The topological polar surface area (TPSA) is 46.6 Å². The zero-order valence-corrected chi connectivity index (χ0v) is 7.73. The number of esters is 1. The predicted octanol–water partition coefficient (Wildman–Crippen LogP) is -0.319. The quantitative estimate of drug-likeness (QED) is 0.339. The molecule has 1 atom stereocenters. The van der Waals surface area contributed by atoms with Crippen LogP contribution in [0.15, 0.2) is 0 Å². The molecule has 5 heteroatoms. The van der Waals surface area contributed by atoms with Gasteiger partial charge in [-0.3, -0.25) is 4.79 Å².